The molecule has 3 nitrogen and oxygen atoms in total. The highest BCUT2D eigenvalue weighted by molar-refractivity contribution is 5.87. The molecule has 0 spiro atoms. The second-order valence-electron chi connectivity index (χ2n) is 3.30. The Morgan fingerprint density at radius 2 is 2.14 bits per heavy atom. The van der Waals surface area contributed by atoms with Crippen LogP contribution in [0.3, 0.4) is 0 Å². The molecule has 0 amide bonds. The zero-order valence-corrected chi connectivity index (χ0v) is 8.24. The molecule has 1 aromatic carbocycles. The van der Waals surface area contributed by atoms with Gasteiger partial charge in [0.05, 0.1) is 13.2 Å². The lowest BCUT2D eigenvalue weighted by Gasteiger charge is -2.11. The minimum atomic E-state index is -0.510. The first kappa shape index (κ1) is 9.09. The van der Waals surface area contributed by atoms with E-state index < -0.39 is 6.10 Å². The predicted molar refractivity (Wildman–Crippen MR) is 55.5 cm³/mol. The Morgan fingerprint density at radius 1 is 1.36 bits per heavy atom. The third-order valence-corrected chi connectivity index (χ3v) is 2.37. The van der Waals surface area contributed by atoms with Crippen molar-refractivity contribution in [3.63, 3.8) is 0 Å². The van der Waals surface area contributed by atoms with Crippen molar-refractivity contribution < 1.29 is 9.84 Å². The van der Waals surface area contributed by atoms with Crippen LogP contribution in [0.2, 0.25) is 0 Å². The number of aliphatic hydroxyl groups excluding tert-OH is 1. The average molecular weight is 191 g/mol. The van der Waals surface area contributed by atoms with Gasteiger partial charge in [0.25, 0.3) is 0 Å². The van der Waals surface area contributed by atoms with Crippen LogP contribution in [0.15, 0.2) is 24.4 Å². The van der Waals surface area contributed by atoms with E-state index in [1.54, 1.807) is 14.0 Å². The lowest BCUT2D eigenvalue weighted by molar-refractivity contribution is 0.194. The summed E-state index contributed by atoms with van der Waals surface area (Å²) >= 11 is 0. The molecule has 0 saturated heterocycles. The van der Waals surface area contributed by atoms with Crippen molar-refractivity contribution in [1.29, 1.82) is 0 Å². The number of aliphatic hydroxyl groups is 1. The van der Waals surface area contributed by atoms with Gasteiger partial charge in [0.1, 0.15) is 5.75 Å². The summed E-state index contributed by atoms with van der Waals surface area (Å²) in [5.74, 6) is 0.749. The smallest absolute Gasteiger partial charge is 0.134 e. The van der Waals surface area contributed by atoms with Gasteiger partial charge in [-0.05, 0) is 19.1 Å². The molecule has 3 heteroatoms. The number of H-pyrrole nitrogens is 1. The van der Waals surface area contributed by atoms with Crippen LogP contribution in [0, 0.1) is 0 Å². The number of fused-ring (bicyclic) bond motifs is 1. The normalized spacial score (nSPS) is 13.1. The van der Waals surface area contributed by atoms with Crippen molar-refractivity contribution in [1.82, 2.24) is 4.98 Å². The number of ether oxygens (including phenoxy) is 1. The standard InChI is InChI=1S/C11H13NO2/c1-7(13)8-3-4-10-9(5-6-12-10)11(8)14-2/h3-7,12-13H,1-2H3. The van der Waals surface area contributed by atoms with E-state index in [9.17, 15) is 5.11 Å². The molecule has 0 aliphatic carbocycles. The summed E-state index contributed by atoms with van der Waals surface area (Å²) in [5.41, 5.74) is 1.84. The molecule has 0 aliphatic heterocycles. The van der Waals surface area contributed by atoms with Gasteiger partial charge in [-0.3, -0.25) is 0 Å². The fourth-order valence-electron chi connectivity index (χ4n) is 1.68. The molecule has 1 heterocycles. The second kappa shape index (κ2) is 3.35. The molecule has 2 aromatic rings. The van der Waals surface area contributed by atoms with E-state index in [4.69, 9.17) is 4.74 Å². The molecule has 14 heavy (non-hydrogen) atoms. The summed E-state index contributed by atoms with van der Waals surface area (Å²) in [6.45, 7) is 1.73. The Kier molecular flexibility index (Phi) is 2.17. The van der Waals surface area contributed by atoms with Gasteiger partial charge in [0, 0.05) is 22.7 Å². The number of hydrogen-bond acceptors (Lipinski definition) is 2. The van der Waals surface area contributed by atoms with E-state index in [1.165, 1.54) is 0 Å². The van der Waals surface area contributed by atoms with Gasteiger partial charge in [0.15, 0.2) is 0 Å². The van der Waals surface area contributed by atoms with Crippen LogP contribution in [0.25, 0.3) is 10.9 Å². The minimum absolute atomic E-state index is 0.510. The van der Waals surface area contributed by atoms with Gasteiger partial charge in [-0.2, -0.15) is 0 Å². The van der Waals surface area contributed by atoms with Crippen LogP contribution >= 0.6 is 0 Å². The maximum atomic E-state index is 9.54. The monoisotopic (exact) mass is 191 g/mol. The maximum absolute atomic E-state index is 9.54. The summed E-state index contributed by atoms with van der Waals surface area (Å²) < 4.78 is 5.30. The highest BCUT2D eigenvalue weighted by Gasteiger charge is 2.12. The molecule has 0 radical (unpaired) electrons. The SMILES string of the molecule is COc1c(C(C)O)ccc2[nH]ccc12. The highest BCUT2D eigenvalue weighted by atomic mass is 16.5. The third-order valence-electron chi connectivity index (χ3n) is 2.37. The van der Waals surface area contributed by atoms with Crippen molar-refractivity contribution in [3.8, 4) is 5.75 Å². The van der Waals surface area contributed by atoms with Gasteiger partial charge in [-0.25, -0.2) is 0 Å². The topological polar surface area (TPSA) is 45.2 Å². The molecule has 1 atom stereocenters. The first-order valence-corrected chi connectivity index (χ1v) is 4.56. The van der Waals surface area contributed by atoms with E-state index in [0.29, 0.717) is 0 Å². The molecular weight excluding hydrogens is 178 g/mol. The largest absolute Gasteiger partial charge is 0.496 e. The van der Waals surface area contributed by atoms with Crippen LogP contribution in [-0.2, 0) is 0 Å². The number of hydrogen-bond donors (Lipinski definition) is 2. The van der Waals surface area contributed by atoms with E-state index in [0.717, 1.165) is 22.2 Å². The third kappa shape index (κ3) is 1.26. The van der Waals surface area contributed by atoms with Gasteiger partial charge < -0.3 is 14.8 Å². The Hall–Kier alpha value is -1.48. The minimum Gasteiger partial charge on any atom is -0.496 e. The van der Waals surface area contributed by atoms with Crippen LogP contribution in [0.5, 0.6) is 5.75 Å². The Labute approximate surface area is 82.3 Å². The molecule has 74 valence electrons. The molecule has 2 rings (SSSR count). The number of methoxy groups -OCH3 is 1. The molecule has 0 fully saturated rings. The average Bonchev–Trinajstić information content (AvgIpc) is 2.63. The van der Waals surface area contributed by atoms with E-state index in [-0.39, 0.29) is 0 Å². The number of aromatic amines is 1. The molecule has 0 aliphatic rings. The molecule has 1 unspecified atom stereocenters. The van der Waals surface area contributed by atoms with Crippen molar-refractivity contribution in [3.05, 3.63) is 30.0 Å². The number of benzene rings is 1. The van der Waals surface area contributed by atoms with Crippen molar-refractivity contribution in [2.75, 3.05) is 7.11 Å². The summed E-state index contributed by atoms with van der Waals surface area (Å²) in [5, 5.41) is 10.5. The first-order valence-electron chi connectivity index (χ1n) is 4.56. The van der Waals surface area contributed by atoms with Gasteiger partial charge in [-0.15, -0.1) is 0 Å². The van der Waals surface area contributed by atoms with Crippen LogP contribution in [0.4, 0.5) is 0 Å². The fraction of sp³-hybridized carbons (Fsp3) is 0.273. The Bertz CT molecular complexity index is 445. The van der Waals surface area contributed by atoms with Crippen LogP contribution in [0.1, 0.15) is 18.6 Å². The van der Waals surface area contributed by atoms with Crippen LogP contribution in [-0.4, -0.2) is 17.2 Å². The quantitative estimate of drug-likeness (QED) is 0.764. The summed E-state index contributed by atoms with van der Waals surface area (Å²) in [6, 6.07) is 5.77. The number of rotatable bonds is 2. The molecule has 1 aromatic heterocycles. The summed E-state index contributed by atoms with van der Waals surface area (Å²) in [4.78, 5) is 3.10. The molecular formula is C11H13NO2. The lowest BCUT2D eigenvalue weighted by atomic mass is 10.1. The predicted octanol–water partition coefficient (Wildman–Crippen LogP) is 2.23. The fourth-order valence-corrected chi connectivity index (χ4v) is 1.68. The van der Waals surface area contributed by atoms with Gasteiger partial charge >= 0.3 is 0 Å². The van der Waals surface area contributed by atoms with E-state index >= 15 is 0 Å². The highest BCUT2D eigenvalue weighted by Crippen LogP contribution is 2.32. The maximum Gasteiger partial charge on any atom is 0.134 e. The first-order chi connectivity index (χ1) is 6.74. The Balaban J connectivity index is 2.72. The zero-order valence-electron chi connectivity index (χ0n) is 8.24. The molecule has 0 saturated carbocycles. The van der Waals surface area contributed by atoms with Crippen molar-refractivity contribution >= 4 is 10.9 Å². The lowest BCUT2D eigenvalue weighted by Crippen LogP contribution is -1.96. The zero-order chi connectivity index (χ0) is 10.1. The van der Waals surface area contributed by atoms with Crippen molar-refractivity contribution in [2.45, 2.75) is 13.0 Å². The van der Waals surface area contributed by atoms with Crippen molar-refractivity contribution in [2.24, 2.45) is 0 Å². The Morgan fingerprint density at radius 3 is 2.79 bits per heavy atom. The number of nitrogens with one attached hydrogen (secondary N) is 1. The second-order valence-corrected chi connectivity index (χ2v) is 3.30. The van der Waals surface area contributed by atoms with Gasteiger partial charge in [-0.1, -0.05) is 6.07 Å². The van der Waals surface area contributed by atoms with Gasteiger partial charge in [0.2, 0.25) is 0 Å². The summed E-state index contributed by atoms with van der Waals surface area (Å²) in [6.07, 6.45) is 1.35. The molecule has 0 bridgehead atoms. The molecule has 2 N–H and O–H groups in total. The van der Waals surface area contributed by atoms with E-state index in [1.807, 2.05) is 24.4 Å². The van der Waals surface area contributed by atoms with E-state index in [2.05, 4.69) is 4.98 Å². The summed E-state index contributed by atoms with van der Waals surface area (Å²) in [7, 11) is 1.62. The number of aromatic nitrogens is 1. The van der Waals surface area contributed by atoms with Crippen LogP contribution < -0.4 is 4.74 Å².